The van der Waals surface area contributed by atoms with Crippen LogP contribution in [-0.2, 0) is 0 Å². The fourth-order valence-electron chi connectivity index (χ4n) is 2.31. The van der Waals surface area contributed by atoms with Gasteiger partial charge in [0.15, 0.2) is 0 Å². The van der Waals surface area contributed by atoms with Crippen molar-refractivity contribution in [2.45, 2.75) is 23.6 Å². The van der Waals surface area contributed by atoms with Crippen LogP contribution in [0.15, 0.2) is 63.3 Å². The first kappa shape index (κ1) is 17.0. The van der Waals surface area contributed by atoms with Gasteiger partial charge in [0, 0.05) is 16.8 Å². The van der Waals surface area contributed by atoms with Gasteiger partial charge in [-0.3, -0.25) is 10.1 Å². The van der Waals surface area contributed by atoms with E-state index in [-0.39, 0.29) is 5.56 Å². The largest absolute Gasteiger partial charge is 0.478 e. The molecule has 0 aliphatic rings. The lowest BCUT2D eigenvalue weighted by Crippen LogP contribution is -1.95. The Hall–Kier alpha value is -2.86. The monoisotopic (exact) mass is 351 g/mol. The quantitative estimate of drug-likeness (QED) is 0.657. The molecule has 0 saturated carbocycles. The summed E-state index contributed by atoms with van der Waals surface area (Å²) in [5.74, 6) is -0.934. The summed E-state index contributed by atoms with van der Waals surface area (Å²) < 4.78 is 0. The standard InChI is InChI=1S/C19H17N3O2S/c1-12-18(13(2)22-21-12)25-17-6-4-3-5-16(17)20-11-14-7-9-15(10-8-14)19(23)24/h3-11H,1-2H3,(H,21,22)(H,23,24). The molecule has 3 aromatic rings. The van der Waals surface area contributed by atoms with Gasteiger partial charge in [0.2, 0.25) is 0 Å². The summed E-state index contributed by atoms with van der Waals surface area (Å²) >= 11 is 1.63. The van der Waals surface area contributed by atoms with Crippen LogP contribution in [0.3, 0.4) is 0 Å². The molecule has 0 unspecified atom stereocenters. The molecule has 0 atom stereocenters. The summed E-state index contributed by atoms with van der Waals surface area (Å²) in [5, 5.41) is 16.2. The van der Waals surface area contributed by atoms with Crippen LogP contribution in [0.5, 0.6) is 0 Å². The SMILES string of the molecule is Cc1n[nH]c(C)c1Sc1ccccc1N=Cc1ccc(C(=O)O)cc1. The van der Waals surface area contributed by atoms with Gasteiger partial charge < -0.3 is 5.11 Å². The number of hydrogen-bond donors (Lipinski definition) is 2. The Morgan fingerprint density at radius 2 is 1.88 bits per heavy atom. The van der Waals surface area contributed by atoms with E-state index in [1.807, 2.05) is 38.1 Å². The second-order valence-electron chi connectivity index (χ2n) is 5.52. The van der Waals surface area contributed by atoms with Crippen molar-refractivity contribution in [3.63, 3.8) is 0 Å². The number of aromatic nitrogens is 2. The van der Waals surface area contributed by atoms with Gasteiger partial charge in [-0.2, -0.15) is 5.10 Å². The molecule has 6 heteroatoms. The van der Waals surface area contributed by atoms with Crippen molar-refractivity contribution in [3.05, 3.63) is 71.0 Å². The molecule has 25 heavy (non-hydrogen) atoms. The Balaban J connectivity index is 1.84. The number of carbonyl (C=O) groups is 1. The first-order valence-electron chi connectivity index (χ1n) is 7.70. The Morgan fingerprint density at radius 1 is 1.16 bits per heavy atom. The lowest BCUT2D eigenvalue weighted by atomic mass is 10.1. The summed E-state index contributed by atoms with van der Waals surface area (Å²) in [7, 11) is 0. The third-order valence-electron chi connectivity index (χ3n) is 3.65. The number of rotatable bonds is 5. The molecular weight excluding hydrogens is 334 g/mol. The average Bonchev–Trinajstić information content (AvgIpc) is 2.93. The second kappa shape index (κ2) is 7.36. The van der Waals surface area contributed by atoms with Gasteiger partial charge in [-0.25, -0.2) is 4.79 Å². The van der Waals surface area contributed by atoms with E-state index in [0.29, 0.717) is 0 Å². The zero-order chi connectivity index (χ0) is 17.8. The van der Waals surface area contributed by atoms with Crippen LogP contribution in [0, 0.1) is 13.8 Å². The zero-order valence-electron chi connectivity index (χ0n) is 13.9. The van der Waals surface area contributed by atoms with Crippen molar-refractivity contribution in [1.29, 1.82) is 0 Å². The predicted molar refractivity (Wildman–Crippen MR) is 99.3 cm³/mol. The molecule has 0 aliphatic heterocycles. The molecule has 0 radical (unpaired) electrons. The van der Waals surface area contributed by atoms with Crippen molar-refractivity contribution in [2.24, 2.45) is 4.99 Å². The molecule has 2 N–H and O–H groups in total. The van der Waals surface area contributed by atoms with E-state index in [2.05, 4.69) is 15.2 Å². The van der Waals surface area contributed by atoms with Crippen molar-refractivity contribution in [1.82, 2.24) is 10.2 Å². The van der Waals surface area contributed by atoms with Gasteiger partial charge in [0.25, 0.3) is 0 Å². The molecule has 0 spiro atoms. The topological polar surface area (TPSA) is 78.3 Å². The molecule has 5 nitrogen and oxygen atoms in total. The number of aromatic carboxylic acids is 1. The van der Waals surface area contributed by atoms with Gasteiger partial charge in [0.1, 0.15) is 0 Å². The first-order valence-corrected chi connectivity index (χ1v) is 8.52. The fraction of sp³-hybridized carbons (Fsp3) is 0.105. The molecule has 0 bridgehead atoms. The lowest BCUT2D eigenvalue weighted by Gasteiger charge is -2.05. The lowest BCUT2D eigenvalue weighted by molar-refractivity contribution is 0.0697. The van der Waals surface area contributed by atoms with Crippen LogP contribution in [0.25, 0.3) is 0 Å². The number of nitrogens with one attached hydrogen (secondary N) is 1. The number of carboxylic acid groups (broad SMARTS) is 1. The molecule has 0 fully saturated rings. The van der Waals surface area contributed by atoms with Crippen LogP contribution < -0.4 is 0 Å². The number of para-hydroxylation sites is 1. The van der Waals surface area contributed by atoms with E-state index in [4.69, 9.17) is 5.11 Å². The second-order valence-corrected chi connectivity index (χ2v) is 6.57. The fourth-order valence-corrected chi connectivity index (χ4v) is 3.29. The molecule has 1 heterocycles. The number of H-pyrrole nitrogens is 1. The molecule has 0 amide bonds. The highest BCUT2D eigenvalue weighted by molar-refractivity contribution is 7.99. The number of carboxylic acids is 1. The van der Waals surface area contributed by atoms with Crippen molar-refractivity contribution < 1.29 is 9.90 Å². The maximum atomic E-state index is 10.9. The highest BCUT2D eigenvalue weighted by Gasteiger charge is 2.10. The van der Waals surface area contributed by atoms with Gasteiger partial charge in [-0.1, -0.05) is 36.0 Å². The highest BCUT2D eigenvalue weighted by atomic mass is 32.2. The van der Waals surface area contributed by atoms with Gasteiger partial charge in [-0.05, 0) is 43.7 Å². The van der Waals surface area contributed by atoms with Crippen LogP contribution in [0.2, 0.25) is 0 Å². The van der Waals surface area contributed by atoms with Gasteiger partial charge in [0.05, 0.1) is 21.8 Å². The maximum absolute atomic E-state index is 10.9. The van der Waals surface area contributed by atoms with E-state index < -0.39 is 5.97 Å². The van der Waals surface area contributed by atoms with Crippen molar-refractivity contribution >= 4 is 29.6 Å². The van der Waals surface area contributed by atoms with Gasteiger partial charge >= 0.3 is 5.97 Å². The summed E-state index contributed by atoms with van der Waals surface area (Å²) in [5.41, 5.74) is 3.96. The van der Waals surface area contributed by atoms with Gasteiger partial charge in [-0.15, -0.1) is 0 Å². The number of aliphatic imine (C=N–C) groups is 1. The summed E-state index contributed by atoms with van der Waals surface area (Å²) in [4.78, 5) is 17.6. The molecule has 0 aliphatic carbocycles. The Labute approximate surface area is 149 Å². The van der Waals surface area contributed by atoms with Crippen molar-refractivity contribution in [2.75, 3.05) is 0 Å². The maximum Gasteiger partial charge on any atom is 0.335 e. The van der Waals surface area contributed by atoms with Crippen LogP contribution in [0.1, 0.15) is 27.3 Å². The minimum atomic E-state index is -0.934. The number of hydrogen-bond acceptors (Lipinski definition) is 4. The van der Waals surface area contributed by atoms with E-state index in [0.717, 1.165) is 32.4 Å². The third kappa shape index (κ3) is 3.97. The van der Waals surface area contributed by atoms with Crippen molar-refractivity contribution in [3.8, 4) is 0 Å². The molecule has 126 valence electrons. The highest BCUT2D eigenvalue weighted by Crippen LogP contribution is 2.37. The van der Waals surface area contributed by atoms with E-state index in [1.54, 1.807) is 42.2 Å². The zero-order valence-corrected chi connectivity index (χ0v) is 14.7. The Kier molecular flexibility index (Phi) is 5.00. The number of benzene rings is 2. The first-order chi connectivity index (χ1) is 12.0. The molecule has 2 aromatic carbocycles. The molecule has 0 saturated heterocycles. The van der Waals surface area contributed by atoms with E-state index in [9.17, 15) is 4.79 Å². The average molecular weight is 351 g/mol. The summed E-state index contributed by atoms with van der Waals surface area (Å²) in [6.45, 7) is 3.97. The minimum absolute atomic E-state index is 0.263. The molecule has 1 aromatic heterocycles. The molecular formula is C19H17N3O2S. The normalized spacial score (nSPS) is 11.1. The van der Waals surface area contributed by atoms with Crippen LogP contribution in [-0.4, -0.2) is 27.5 Å². The third-order valence-corrected chi connectivity index (χ3v) is 5.02. The minimum Gasteiger partial charge on any atom is -0.478 e. The number of aryl methyl sites for hydroxylation is 2. The van der Waals surface area contributed by atoms with E-state index >= 15 is 0 Å². The predicted octanol–water partition coefficient (Wildman–Crippen LogP) is 4.63. The molecule has 3 rings (SSSR count). The summed E-state index contributed by atoms with van der Waals surface area (Å²) in [6, 6.07) is 14.5. The Bertz CT molecular complexity index is 911. The Morgan fingerprint density at radius 3 is 2.52 bits per heavy atom. The number of nitrogens with zero attached hydrogens (tertiary/aromatic N) is 2. The summed E-state index contributed by atoms with van der Waals surface area (Å²) in [6.07, 6.45) is 1.74. The van der Waals surface area contributed by atoms with Crippen LogP contribution in [0.4, 0.5) is 5.69 Å². The van der Waals surface area contributed by atoms with E-state index in [1.165, 1.54) is 0 Å². The smallest absolute Gasteiger partial charge is 0.335 e. The number of aromatic amines is 1. The van der Waals surface area contributed by atoms with Crippen LogP contribution >= 0.6 is 11.8 Å².